The molecule has 1 aromatic carbocycles. The summed E-state index contributed by atoms with van der Waals surface area (Å²) in [4.78, 5) is 17.7. The zero-order valence-corrected chi connectivity index (χ0v) is 11.1. The number of likely N-dealkylation sites (N-methyl/N-ethyl adjacent to an activating group) is 1. The van der Waals surface area contributed by atoms with Crippen molar-refractivity contribution < 1.29 is 4.79 Å². The van der Waals surface area contributed by atoms with Crippen molar-refractivity contribution in [1.82, 2.24) is 15.2 Å². The molecule has 0 unspecified atom stereocenters. The lowest BCUT2D eigenvalue weighted by Gasteiger charge is -2.03. The van der Waals surface area contributed by atoms with Gasteiger partial charge in [0.25, 0.3) is 5.91 Å². The normalized spacial score (nSPS) is 17.3. The molecule has 0 saturated carbocycles. The SMILES string of the molecule is CN1C(=O)/C(=C\c2ccnc3ccccc23)NC1=S. The predicted octanol–water partition coefficient (Wildman–Crippen LogP) is 1.92. The van der Waals surface area contributed by atoms with Crippen LogP contribution in [0.15, 0.2) is 42.2 Å². The summed E-state index contributed by atoms with van der Waals surface area (Å²) in [6.45, 7) is 0. The lowest BCUT2D eigenvalue weighted by molar-refractivity contribution is -0.121. The molecular formula is C14H11N3OS. The first-order chi connectivity index (χ1) is 9.16. The molecule has 1 N–H and O–H groups in total. The largest absolute Gasteiger partial charge is 0.328 e. The minimum Gasteiger partial charge on any atom is -0.328 e. The fourth-order valence-corrected chi connectivity index (χ4v) is 2.22. The molecule has 94 valence electrons. The van der Waals surface area contributed by atoms with Gasteiger partial charge in [-0.25, -0.2) is 0 Å². The van der Waals surface area contributed by atoms with Gasteiger partial charge >= 0.3 is 0 Å². The van der Waals surface area contributed by atoms with Crippen molar-refractivity contribution in [2.45, 2.75) is 0 Å². The molecule has 0 spiro atoms. The van der Waals surface area contributed by atoms with Crippen molar-refractivity contribution in [3.63, 3.8) is 0 Å². The topological polar surface area (TPSA) is 45.2 Å². The summed E-state index contributed by atoms with van der Waals surface area (Å²) in [5.41, 5.74) is 2.33. The van der Waals surface area contributed by atoms with Crippen molar-refractivity contribution in [3.8, 4) is 0 Å². The Balaban J connectivity index is 2.12. The first-order valence-electron chi connectivity index (χ1n) is 5.81. The molecule has 1 fully saturated rings. The van der Waals surface area contributed by atoms with Crippen LogP contribution in [0.2, 0.25) is 0 Å². The van der Waals surface area contributed by atoms with Gasteiger partial charge in [-0.3, -0.25) is 14.7 Å². The van der Waals surface area contributed by atoms with Gasteiger partial charge in [0.15, 0.2) is 5.11 Å². The van der Waals surface area contributed by atoms with E-state index in [-0.39, 0.29) is 5.91 Å². The molecule has 3 rings (SSSR count). The van der Waals surface area contributed by atoms with Gasteiger partial charge in [-0.1, -0.05) is 18.2 Å². The number of carbonyl (C=O) groups is 1. The van der Waals surface area contributed by atoms with Gasteiger partial charge < -0.3 is 5.32 Å². The monoisotopic (exact) mass is 269 g/mol. The second-order valence-electron chi connectivity index (χ2n) is 4.27. The summed E-state index contributed by atoms with van der Waals surface area (Å²) in [5, 5.41) is 4.35. The van der Waals surface area contributed by atoms with Gasteiger partial charge in [-0.15, -0.1) is 0 Å². The number of rotatable bonds is 1. The van der Waals surface area contributed by atoms with Crippen LogP contribution in [0.25, 0.3) is 17.0 Å². The van der Waals surface area contributed by atoms with Crippen LogP contribution in [-0.4, -0.2) is 28.0 Å². The number of aromatic nitrogens is 1. The molecule has 0 aliphatic carbocycles. The quantitative estimate of drug-likeness (QED) is 0.634. The number of thiocarbonyl (C=S) groups is 1. The maximum Gasteiger partial charge on any atom is 0.276 e. The van der Waals surface area contributed by atoms with Gasteiger partial charge in [0.2, 0.25) is 0 Å². The van der Waals surface area contributed by atoms with Crippen molar-refractivity contribution >= 4 is 40.2 Å². The van der Waals surface area contributed by atoms with E-state index < -0.39 is 0 Å². The Hall–Kier alpha value is -2.27. The minimum atomic E-state index is -0.120. The van der Waals surface area contributed by atoms with Crippen molar-refractivity contribution in [2.24, 2.45) is 0 Å². The molecule has 0 bridgehead atoms. The number of hydrogen-bond acceptors (Lipinski definition) is 3. The number of amides is 1. The first kappa shape index (κ1) is 11.8. The van der Waals surface area contributed by atoms with E-state index in [1.165, 1.54) is 4.90 Å². The molecule has 1 saturated heterocycles. The highest BCUT2D eigenvalue weighted by atomic mass is 32.1. The fourth-order valence-electron chi connectivity index (χ4n) is 2.02. The highest BCUT2D eigenvalue weighted by Gasteiger charge is 2.26. The summed E-state index contributed by atoms with van der Waals surface area (Å²) < 4.78 is 0. The molecule has 0 radical (unpaired) electrons. The standard InChI is InChI=1S/C14H11N3OS/c1-17-13(18)12(16-14(17)19)8-9-6-7-15-11-5-3-2-4-10(9)11/h2-8H,1H3,(H,16,19)/b12-8+. The Morgan fingerprint density at radius 2 is 2.11 bits per heavy atom. The van der Waals surface area contributed by atoms with E-state index in [2.05, 4.69) is 10.3 Å². The zero-order valence-electron chi connectivity index (χ0n) is 10.3. The minimum absolute atomic E-state index is 0.120. The third-order valence-electron chi connectivity index (χ3n) is 3.06. The van der Waals surface area contributed by atoms with E-state index in [0.29, 0.717) is 10.8 Å². The summed E-state index contributed by atoms with van der Waals surface area (Å²) >= 11 is 5.05. The van der Waals surface area contributed by atoms with Crippen LogP contribution in [0.5, 0.6) is 0 Å². The fraction of sp³-hybridized carbons (Fsp3) is 0.0714. The Kier molecular flexibility index (Phi) is 2.76. The van der Waals surface area contributed by atoms with Gasteiger partial charge in [-0.2, -0.15) is 0 Å². The molecule has 1 aliphatic rings. The third-order valence-corrected chi connectivity index (χ3v) is 3.44. The van der Waals surface area contributed by atoms with Crippen molar-refractivity contribution in [2.75, 3.05) is 7.05 Å². The third kappa shape index (κ3) is 1.98. The molecule has 1 aliphatic heterocycles. The van der Waals surface area contributed by atoms with Gasteiger partial charge in [-0.05, 0) is 36.0 Å². The Labute approximate surface area is 115 Å². The summed E-state index contributed by atoms with van der Waals surface area (Å²) in [5.74, 6) is -0.120. The van der Waals surface area contributed by atoms with Crippen LogP contribution in [0.1, 0.15) is 5.56 Å². The van der Waals surface area contributed by atoms with E-state index in [4.69, 9.17) is 12.2 Å². The lowest BCUT2D eigenvalue weighted by atomic mass is 10.1. The lowest BCUT2D eigenvalue weighted by Crippen LogP contribution is -2.25. The van der Waals surface area contributed by atoms with E-state index >= 15 is 0 Å². The molecule has 2 heterocycles. The van der Waals surface area contributed by atoms with Crippen molar-refractivity contribution in [3.05, 3.63) is 47.8 Å². The number of nitrogens with one attached hydrogen (secondary N) is 1. The molecular weight excluding hydrogens is 258 g/mol. The number of para-hydroxylation sites is 1. The maximum absolute atomic E-state index is 11.9. The second kappa shape index (κ2) is 4.44. The number of nitrogens with zero attached hydrogens (tertiary/aromatic N) is 2. The number of hydrogen-bond donors (Lipinski definition) is 1. The average Bonchev–Trinajstić information content (AvgIpc) is 2.67. The van der Waals surface area contributed by atoms with E-state index in [1.807, 2.05) is 36.4 Å². The number of pyridine rings is 1. The highest BCUT2D eigenvalue weighted by molar-refractivity contribution is 7.80. The van der Waals surface area contributed by atoms with Gasteiger partial charge in [0.1, 0.15) is 5.70 Å². The predicted molar refractivity (Wildman–Crippen MR) is 78.2 cm³/mol. The number of fused-ring (bicyclic) bond motifs is 1. The molecule has 1 amide bonds. The molecule has 2 aromatic rings. The van der Waals surface area contributed by atoms with Crippen molar-refractivity contribution in [1.29, 1.82) is 0 Å². The van der Waals surface area contributed by atoms with Crippen LogP contribution < -0.4 is 5.32 Å². The van der Waals surface area contributed by atoms with E-state index in [1.54, 1.807) is 13.2 Å². The maximum atomic E-state index is 11.9. The highest BCUT2D eigenvalue weighted by Crippen LogP contribution is 2.20. The zero-order chi connectivity index (χ0) is 13.4. The van der Waals surface area contributed by atoms with Crippen LogP contribution in [0, 0.1) is 0 Å². The van der Waals surface area contributed by atoms with E-state index in [0.717, 1.165) is 16.5 Å². The van der Waals surface area contributed by atoms with E-state index in [9.17, 15) is 4.79 Å². The summed E-state index contributed by atoms with van der Waals surface area (Å²) in [6.07, 6.45) is 3.54. The molecule has 4 nitrogen and oxygen atoms in total. The summed E-state index contributed by atoms with van der Waals surface area (Å²) in [6, 6.07) is 9.70. The Bertz CT molecular complexity index is 718. The number of benzene rings is 1. The number of carbonyl (C=O) groups excluding carboxylic acids is 1. The average molecular weight is 269 g/mol. The van der Waals surface area contributed by atoms with Gasteiger partial charge in [0, 0.05) is 18.6 Å². The first-order valence-corrected chi connectivity index (χ1v) is 6.22. The van der Waals surface area contributed by atoms with Crippen LogP contribution in [0.4, 0.5) is 0 Å². The second-order valence-corrected chi connectivity index (χ2v) is 4.66. The van der Waals surface area contributed by atoms with Gasteiger partial charge in [0.05, 0.1) is 5.52 Å². The molecule has 1 aromatic heterocycles. The molecule has 0 atom stereocenters. The molecule has 5 heteroatoms. The van der Waals surface area contributed by atoms with Crippen LogP contribution in [0.3, 0.4) is 0 Å². The Morgan fingerprint density at radius 3 is 2.84 bits per heavy atom. The van der Waals surface area contributed by atoms with Crippen LogP contribution in [-0.2, 0) is 4.79 Å². The smallest absolute Gasteiger partial charge is 0.276 e. The molecule has 19 heavy (non-hydrogen) atoms. The summed E-state index contributed by atoms with van der Waals surface area (Å²) in [7, 11) is 1.66. The van der Waals surface area contributed by atoms with Crippen LogP contribution >= 0.6 is 12.2 Å². The Morgan fingerprint density at radius 1 is 1.32 bits per heavy atom.